The van der Waals surface area contributed by atoms with Crippen LogP contribution in [0.1, 0.15) is 18.9 Å². The van der Waals surface area contributed by atoms with Crippen LogP contribution in [-0.4, -0.2) is 13.1 Å². The maximum Gasteiger partial charge on any atom is 0.150 e. The molecule has 0 amide bonds. The Morgan fingerprint density at radius 3 is 2.41 bits per heavy atom. The van der Waals surface area contributed by atoms with E-state index in [-0.39, 0.29) is 11.3 Å². The van der Waals surface area contributed by atoms with E-state index in [4.69, 9.17) is 5.26 Å². The normalized spacial score (nSPS) is 15.4. The van der Waals surface area contributed by atoms with Crippen LogP contribution in [0.3, 0.4) is 0 Å². The molecular weight excluding hydrogens is 222 g/mol. The molecule has 0 saturated carbocycles. The molecule has 88 valence electrons. The van der Waals surface area contributed by atoms with Gasteiger partial charge in [0.1, 0.15) is 5.69 Å². The monoisotopic (exact) mass is 234 g/mol. The standard InChI is InChI=1S/C13H12F2N2/c1-9-2-4-17(5-3-9)13-11(14)6-10(8-16)7-12(13)15/h2,6-7H,3-5H2,1H3. The van der Waals surface area contributed by atoms with Gasteiger partial charge in [0.15, 0.2) is 11.6 Å². The number of anilines is 1. The van der Waals surface area contributed by atoms with Crippen molar-refractivity contribution < 1.29 is 8.78 Å². The van der Waals surface area contributed by atoms with Gasteiger partial charge >= 0.3 is 0 Å². The number of halogens is 2. The number of rotatable bonds is 1. The maximum absolute atomic E-state index is 13.7. The van der Waals surface area contributed by atoms with Crippen molar-refractivity contribution in [1.82, 2.24) is 0 Å². The molecule has 0 aromatic heterocycles. The van der Waals surface area contributed by atoms with E-state index in [1.54, 1.807) is 11.0 Å². The first-order valence-electron chi connectivity index (χ1n) is 5.41. The molecule has 1 heterocycles. The van der Waals surface area contributed by atoms with Crippen molar-refractivity contribution >= 4 is 5.69 Å². The van der Waals surface area contributed by atoms with E-state index in [0.29, 0.717) is 13.1 Å². The van der Waals surface area contributed by atoms with Crippen molar-refractivity contribution in [2.45, 2.75) is 13.3 Å². The Hall–Kier alpha value is -1.89. The topological polar surface area (TPSA) is 27.0 Å². The van der Waals surface area contributed by atoms with E-state index in [0.717, 1.165) is 18.6 Å². The van der Waals surface area contributed by atoms with Crippen molar-refractivity contribution in [3.63, 3.8) is 0 Å². The Morgan fingerprint density at radius 2 is 1.94 bits per heavy atom. The highest BCUT2D eigenvalue weighted by Gasteiger charge is 2.19. The molecule has 0 radical (unpaired) electrons. The van der Waals surface area contributed by atoms with Gasteiger partial charge in [0.25, 0.3) is 0 Å². The largest absolute Gasteiger partial charge is 0.363 e. The van der Waals surface area contributed by atoms with Crippen LogP contribution in [0.2, 0.25) is 0 Å². The Bertz CT molecular complexity index is 492. The zero-order valence-corrected chi connectivity index (χ0v) is 9.50. The fourth-order valence-corrected chi connectivity index (χ4v) is 1.91. The van der Waals surface area contributed by atoms with E-state index in [1.165, 1.54) is 5.57 Å². The predicted molar refractivity (Wildman–Crippen MR) is 61.7 cm³/mol. The van der Waals surface area contributed by atoms with Gasteiger partial charge in [-0.2, -0.15) is 5.26 Å². The van der Waals surface area contributed by atoms with Gasteiger partial charge in [-0.25, -0.2) is 8.78 Å². The highest BCUT2D eigenvalue weighted by molar-refractivity contribution is 5.53. The van der Waals surface area contributed by atoms with E-state index in [2.05, 4.69) is 0 Å². The molecular formula is C13H12F2N2. The molecule has 0 spiro atoms. The lowest BCUT2D eigenvalue weighted by Crippen LogP contribution is -2.29. The van der Waals surface area contributed by atoms with Crippen molar-refractivity contribution in [3.05, 3.63) is 41.0 Å². The van der Waals surface area contributed by atoms with Crippen molar-refractivity contribution in [1.29, 1.82) is 5.26 Å². The molecule has 4 heteroatoms. The number of hydrogen-bond acceptors (Lipinski definition) is 2. The van der Waals surface area contributed by atoms with Crippen molar-refractivity contribution in [2.75, 3.05) is 18.0 Å². The molecule has 0 N–H and O–H groups in total. The second-order valence-corrected chi connectivity index (χ2v) is 4.15. The van der Waals surface area contributed by atoms with Gasteiger partial charge in [-0.3, -0.25) is 0 Å². The highest BCUT2D eigenvalue weighted by atomic mass is 19.1. The van der Waals surface area contributed by atoms with Gasteiger partial charge < -0.3 is 4.90 Å². The Labute approximate surface area is 98.8 Å². The highest BCUT2D eigenvalue weighted by Crippen LogP contribution is 2.27. The molecule has 2 nitrogen and oxygen atoms in total. The summed E-state index contributed by atoms with van der Waals surface area (Å²) in [5, 5.41) is 8.62. The summed E-state index contributed by atoms with van der Waals surface area (Å²) in [6.45, 7) is 3.11. The molecule has 1 aromatic carbocycles. The van der Waals surface area contributed by atoms with Crippen LogP contribution in [0.5, 0.6) is 0 Å². The minimum atomic E-state index is -0.672. The van der Waals surface area contributed by atoms with Crippen LogP contribution >= 0.6 is 0 Å². The van der Waals surface area contributed by atoms with Crippen LogP contribution in [0.4, 0.5) is 14.5 Å². The molecule has 2 rings (SSSR count). The minimum absolute atomic E-state index is 0.00693. The average molecular weight is 234 g/mol. The lowest BCUT2D eigenvalue weighted by atomic mass is 10.1. The summed E-state index contributed by atoms with van der Waals surface area (Å²) in [4.78, 5) is 1.65. The Balaban J connectivity index is 2.37. The van der Waals surface area contributed by atoms with Crippen LogP contribution < -0.4 is 4.90 Å². The van der Waals surface area contributed by atoms with Crippen LogP contribution in [0.15, 0.2) is 23.8 Å². The molecule has 0 atom stereocenters. The molecule has 0 unspecified atom stereocenters. The van der Waals surface area contributed by atoms with E-state index >= 15 is 0 Å². The van der Waals surface area contributed by atoms with E-state index in [1.807, 2.05) is 13.0 Å². The van der Waals surface area contributed by atoms with E-state index < -0.39 is 11.6 Å². The molecule has 0 saturated heterocycles. The fourth-order valence-electron chi connectivity index (χ4n) is 1.91. The van der Waals surface area contributed by atoms with Crippen molar-refractivity contribution in [3.8, 4) is 6.07 Å². The van der Waals surface area contributed by atoms with Crippen LogP contribution in [-0.2, 0) is 0 Å². The molecule has 0 fully saturated rings. The summed E-state index contributed by atoms with van der Waals surface area (Å²) in [5.74, 6) is -1.34. The first kappa shape index (κ1) is 11.6. The van der Waals surface area contributed by atoms with Gasteiger partial charge in [0.2, 0.25) is 0 Å². The molecule has 1 aromatic rings. The minimum Gasteiger partial charge on any atom is -0.363 e. The molecule has 1 aliphatic heterocycles. The van der Waals surface area contributed by atoms with E-state index in [9.17, 15) is 8.78 Å². The zero-order chi connectivity index (χ0) is 12.4. The number of nitrogens with zero attached hydrogens (tertiary/aromatic N) is 2. The summed E-state index contributed by atoms with van der Waals surface area (Å²) in [6, 6.07) is 3.88. The zero-order valence-electron chi connectivity index (χ0n) is 9.50. The maximum atomic E-state index is 13.7. The number of hydrogen-bond donors (Lipinski definition) is 0. The van der Waals surface area contributed by atoms with Gasteiger partial charge in [0, 0.05) is 13.1 Å². The van der Waals surface area contributed by atoms with Crippen LogP contribution in [0.25, 0.3) is 0 Å². The molecule has 17 heavy (non-hydrogen) atoms. The lowest BCUT2D eigenvalue weighted by molar-refractivity contribution is 0.570. The lowest BCUT2D eigenvalue weighted by Gasteiger charge is -2.28. The van der Waals surface area contributed by atoms with Crippen LogP contribution in [0, 0.1) is 23.0 Å². The second kappa shape index (κ2) is 4.54. The Kier molecular flexibility index (Phi) is 3.10. The smallest absolute Gasteiger partial charge is 0.150 e. The molecule has 0 bridgehead atoms. The summed E-state index contributed by atoms with van der Waals surface area (Å²) in [5.41, 5.74) is 1.20. The summed E-state index contributed by atoms with van der Waals surface area (Å²) in [6.07, 6.45) is 2.76. The fraction of sp³-hybridized carbons (Fsp3) is 0.308. The summed E-state index contributed by atoms with van der Waals surface area (Å²) in [7, 11) is 0. The quantitative estimate of drug-likeness (QED) is 0.698. The molecule has 0 aliphatic carbocycles. The average Bonchev–Trinajstić information content (AvgIpc) is 2.30. The third-order valence-corrected chi connectivity index (χ3v) is 2.90. The van der Waals surface area contributed by atoms with Gasteiger partial charge in [-0.1, -0.05) is 11.6 Å². The first-order valence-corrected chi connectivity index (χ1v) is 5.41. The number of benzene rings is 1. The Morgan fingerprint density at radius 1 is 1.29 bits per heavy atom. The third kappa shape index (κ3) is 2.28. The first-order chi connectivity index (χ1) is 8.11. The van der Waals surface area contributed by atoms with Crippen molar-refractivity contribution in [2.24, 2.45) is 0 Å². The van der Waals surface area contributed by atoms with Gasteiger partial charge in [0.05, 0.1) is 11.6 Å². The predicted octanol–water partition coefficient (Wildman–Crippen LogP) is 2.99. The second-order valence-electron chi connectivity index (χ2n) is 4.15. The third-order valence-electron chi connectivity index (χ3n) is 2.90. The van der Waals surface area contributed by atoms with Gasteiger partial charge in [-0.05, 0) is 25.5 Å². The molecule has 1 aliphatic rings. The SMILES string of the molecule is CC1=CCN(c2c(F)cc(C#N)cc2F)CC1. The summed E-state index contributed by atoms with van der Waals surface area (Å²) >= 11 is 0. The summed E-state index contributed by atoms with van der Waals surface area (Å²) < 4.78 is 27.5. The van der Waals surface area contributed by atoms with Gasteiger partial charge in [-0.15, -0.1) is 0 Å². The number of nitriles is 1.